The van der Waals surface area contributed by atoms with Gasteiger partial charge in [-0.2, -0.15) is 0 Å². The predicted octanol–water partition coefficient (Wildman–Crippen LogP) is 2.92. The molecule has 74 valence electrons. The first kappa shape index (κ1) is 10.9. The van der Waals surface area contributed by atoms with Crippen molar-refractivity contribution in [3.63, 3.8) is 0 Å². The van der Waals surface area contributed by atoms with Crippen molar-refractivity contribution in [1.82, 2.24) is 5.32 Å². The van der Waals surface area contributed by atoms with E-state index in [2.05, 4.69) is 12.2 Å². The summed E-state index contributed by atoms with van der Waals surface area (Å²) in [5.41, 5.74) is 2.21. The Kier molecular flexibility index (Phi) is 4.33. The summed E-state index contributed by atoms with van der Waals surface area (Å²) in [5.74, 6) is 0. The number of allylic oxidation sites excluding steroid dienone is 2. The molecule has 0 aromatic heterocycles. The lowest BCUT2D eigenvalue weighted by Gasteiger charge is -2.03. The highest BCUT2D eigenvalue weighted by molar-refractivity contribution is 7.81. The molecule has 0 saturated carbocycles. The molecule has 0 atom stereocenters. The Bertz CT molecular complexity index is 327. The molecular formula is C12H15NS. The lowest BCUT2D eigenvalue weighted by molar-refractivity contribution is 0.856. The van der Waals surface area contributed by atoms with Gasteiger partial charge in [-0.1, -0.05) is 42.5 Å². The van der Waals surface area contributed by atoms with Gasteiger partial charge in [0.15, 0.2) is 0 Å². The Hall–Kier alpha value is -1.15. The minimum Gasteiger partial charge on any atom is -0.389 e. The Labute approximate surface area is 90.8 Å². The highest BCUT2D eigenvalue weighted by Gasteiger charge is 1.96. The van der Waals surface area contributed by atoms with Crippen molar-refractivity contribution in [3.05, 3.63) is 47.7 Å². The monoisotopic (exact) mass is 205 g/mol. The van der Waals surface area contributed by atoms with Crippen LogP contribution in [0.25, 0.3) is 0 Å². The fourth-order valence-corrected chi connectivity index (χ4v) is 1.53. The molecule has 0 aliphatic rings. The third-order valence-electron chi connectivity index (χ3n) is 1.86. The molecule has 0 bridgehead atoms. The number of thiocarbonyl (C=S) groups is 1. The van der Waals surface area contributed by atoms with Crippen molar-refractivity contribution in [2.24, 2.45) is 0 Å². The highest BCUT2D eigenvalue weighted by Crippen LogP contribution is 2.03. The van der Waals surface area contributed by atoms with Gasteiger partial charge in [0.25, 0.3) is 0 Å². The molecule has 0 unspecified atom stereocenters. The number of rotatable bonds is 4. The van der Waals surface area contributed by atoms with Crippen LogP contribution in [-0.2, 0) is 0 Å². The molecule has 0 aliphatic heterocycles. The van der Waals surface area contributed by atoms with E-state index in [4.69, 9.17) is 12.2 Å². The molecule has 0 heterocycles. The molecule has 0 saturated heterocycles. The van der Waals surface area contributed by atoms with Gasteiger partial charge in [0.1, 0.15) is 0 Å². The van der Waals surface area contributed by atoms with E-state index in [0.29, 0.717) is 0 Å². The minimum absolute atomic E-state index is 0.879. The van der Waals surface area contributed by atoms with Crippen LogP contribution in [0.5, 0.6) is 0 Å². The average molecular weight is 205 g/mol. The second-order valence-corrected chi connectivity index (χ2v) is 3.53. The predicted molar refractivity (Wildman–Crippen MR) is 65.6 cm³/mol. The summed E-state index contributed by atoms with van der Waals surface area (Å²) < 4.78 is 0. The van der Waals surface area contributed by atoms with Gasteiger partial charge in [-0.3, -0.25) is 0 Å². The quantitative estimate of drug-likeness (QED) is 0.461. The van der Waals surface area contributed by atoms with Crippen LogP contribution in [0.4, 0.5) is 0 Å². The normalized spacial score (nSPS) is 11.1. The van der Waals surface area contributed by atoms with Crippen molar-refractivity contribution in [2.75, 3.05) is 6.54 Å². The second-order valence-electron chi connectivity index (χ2n) is 3.09. The van der Waals surface area contributed by atoms with Gasteiger partial charge in [0.2, 0.25) is 0 Å². The smallest absolute Gasteiger partial charge is 0.0466 e. The maximum atomic E-state index is 5.29. The molecule has 0 amide bonds. The summed E-state index contributed by atoms with van der Waals surface area (Å²) in [7, 11) is 0. The number of hydrogen-bond donors (Lipinski definition) is 1. The maximum Gasteiger partial charge on any atom is 0.0466 e. The maximum absolute atomic E-state index is 5.29. The molecule has 1 aromatic carbocycles. The molecule has 2 heteroatoms. The lowest BCUT2D eigenvalue weighted by Crippen LogP contribution is -2.10. The van der Waals surface area contributed by atoms with Crippen LogP contribution in [0.15, 0.2) is 42.1 Å². The molecule has 0 aliphatic carbocycles. The summed E-state index contributed by atoms with van der Waals surface area (Å²) in [5, 5.41) is 3.22. The van der Waals surface area contributed by atoms with E-state index >= 15 is 0 Å². The average Bonchev–Trinajstić information content (AvgIpc) is 2.19. The van der Waals surface area contributed by atoms with Crippen LogP contribution >= 0.6 is 12.2 Å². The van der Waals surface area contributed by atoms with Gasteiger partial charge in [-0.15, -0.1) is 0 Å². The van der Waals surface area contributed by atoms with Crippen LogP contribution in [0.2, 0.25) is 0 Å². The number of hydrogen-bond acceptors (Lipinski definition) is 2. The molecule has 14 heavy (non-hydrogen) atoms. The van der Waals surface area contributed by atoms with Crippen molar-refractivity contribution in [1.29, 1.82) is 0 Å². The van der Waals surface area contributed by atoms with Gasteiger partial charge < -0.3 is 5.32 Å². The molecular weight excluding hydrogens is 190 g/mol. The summed E-state index contributed by atoms with van der Waals surface area (Å²) in [6.45, 7) is 5.03. The molecule has 1 rings (SSSR count). The van der Waals surface area contributed by atoms with E-state index in [0.717, 1.165) is 22.7 Å². The summed E-state index contributed by atoms with van der Waals surface area (Å²) >= 11 is 5.29. The van der Waals surface area contributed by atoms with Crippen LogP contribution in [0.1, 0.15) is 19.4 Å². The molecule has 1 aromatic rings. The minimum atomic E-state index is 0.879. The molecule has 1 N–H and O–H groups in total. The first-order valence-corrected chi connectivity index (χ1v) is 5.16. The van der Waals surface area contributed by atoms with Crippen LogP contribution in [0.3, 0.4) is 0 Å². The van der Waals surface area contributed by atoms with E-state index in [1.54, 1.807) is 0 Å². The van der Waals surface area contributed by atoms with Crippen LogP contribution in [-0.4, -0.2) is 11.4 Å². The van der Waals surface area contributed by atoms with Crippen molar-refractivity contribution in [2.45, 2.75) is 13.8 Å². The van der Waals surface area contributed by atoms with Crippen molar-refractivity contribution >= 4 is 17.1 Å². The van der Waals surface area contributed by atoms with Gasteiger partial charge in [-0.05, 0) is 25.5 Å². The summed E-state index contributed by atoms with van der Waals surface area (Å²) in [6.07, 6.45) is 1.99. The van der Waals surface area contributed by atoms with Gasteiger partial charge in [0, 0.05) is 17.1 Å². The molecule has 1 nitrogen and oxygen atoms in total. The van der Waals surface area contributed by atoms with Gasteiger partial charge >= 0.3 is 0 Å². The fourth-order valence-electron chi connectivity index (χ4n) is 1.21. The highest BCUT2D eigenvalue weighted by atomic mass is 32.1. The van der Waals surface area contributed by atoms with E-state index in [-0.39, 0.29) is 0 Å². The number of benzene rings is 1. The fraction of sp³-hybridized carbons (Fsp3) is 0.250. The SMILES string of the molecule is CCNC(C)=CC(=S)c1ccccc1. The van der Waals surface area contributed by atoms with Crippen molar-refractivity contribution < 1.29 is 0 Å². The zero-order valence-electron chi connectivity index (χ0n) is 8.58. The van der Waals surface area contributed by atoms with Gasteiger partial charge in [-0.25, -0.2) is 0 Å². The van der Waals surface area contributed by atoms with E-state index < -0.39 is 0 Å². The lowest BCUT2D eigenvalue weighted by atomic mass is 10.1. The Morgan fingerprint density at radius 3 is 2.57 bits per heavy atom. The third-order valence-corrected chi connectivity index (χ3v) is 2.22. The zero-order chi connectivity index (χ0) is 10.4. The third kappa shape index (κ3) is 3.30. The first-order valence-electron chi connectivity index (χ1n) is 4.75. The van der Waals surface area contributed by atoms with Crippen LogP contribution in [0, 0.1) is 0 Å². The van der Waals surface area contributed by atoms with Crippen molar-refractivity contribution in [3.8, 4) is 0 Å². The standard InChI is InChI=1S/C12H15NS/c1-3-13-10(2)9-12(14)11-7-5-4-6-8-11/h4-9,13H,3H2,1-2H3. The Balaban J connectivity index is 2.72. The summed E-state index contributed by atoms with van der Waals surface area (Å²) in [4.78, 5) is 0.879. The first-order chi connectivity index (χ1) is 6.74. The zero-order valence-corrected chi connectivity index (χ0v) is 9.40. The summed E-state index contributed by atoms with van der Waals surface area (Å²) in [6, 6.07) is 10.0. The van der Waals surface area contributed by atoms with Crippen LogP contribution < -0.4 is 5.32 Å². The Morgan fingerprint density at radius 2 is 2.00 bits per heavy atom. The number of nitrogens with one attached hydrogen (secondary N) is 1. The van der Waals surface area contributed by atoms with E-state index in [1.165, 1.54) is 0 Å². The van der Waals surface area contributed by atoms with E-state index in [9.17, 15) is 0 Å². The molecule has 0 fully saturated rings. The second kappa shape index (κ2) is 5.55. The largest absolute Gasteiger partial charge is 0.389 e. The molecule has 0 radical (unpaired) electrons. The Morgan fingerprint density at radius 1 is 1.36 bits per heavy atom. The van der Waals surface area contributed by atoms with E-state index in [1.807, 2.05) is 43.3 Å². The topological polar surface area (TPSA) is 12.0 Å². The van der Waals surface area contributed by atoms with Gasteiger partial charge in [0.05, 0.1) is 0 Å². The molecule has 0 spiro atoms.